The van der Waals surface area contributed by atoms with Gasteiger partial charge < -0.3 is 10.1 Å². The molecule has 0 aromatic heterocycles. The molecule has 0 spiro atoms. The van der Waals surface area contributed by atoms with Gasteiger partial charge in [-0.1, -0.05) is 84.4 Å². The summed E-state index contributed by atoms with van der Waals surface area (Å²) in [7, 11) is 0. The zero-order valence-corrected chi connectivity index (χ0v) is 21.2. The van der Waals surface area contributed by atoms with Gasteiger partial charge in [-0.3, -0.25) is 14.9 Å². The molecule has 5 rings (SSSR count). The van der Waals surface area contributed by atoms with Crippen LogP contribution in [0.25, 0.3) is 27.6 Å². The molecule has 0 saturated heterocycles. The first-order chi connectivity index (χ1) is 18.9. The monoisotopic (exact) mass is 533 g/mol. The Bertz CT molecular complexity index is 1820. The minimum Gasteiger partial charge on any atom is -0.488 e. The largest absolute Gasteiger partial charge is 0.488 e. The molecule has 0 fully saturated rings. The Kier molecular flexibility index (Phi) is 7.21. The lowest BCUT2D eigenvalue weighted by Gasteiger charge is -2.14. The van der Waals surface area contributed by atoms with Gasteiger partial charge >= 0.3 is 0 Å². The van der Waals surface area contributed by atoms with E-state index in [1.807, 2.05) is 84.9 Å². The predicted octanol–water partition coefficient (Wildman–Crippen LogP) is 7.68. The van der Waals surface area contributed by atoms with Crippen LogP contribution >= 0.6 is 11.6 Å². The maximum absolute atomic E-state index is 13.0. The number of rotatable bonds is 7. The number of hydrogen-bond donors (Lipinski definition) is 1. The van der Waals surface area contributed by atoms with Crippen molar-refractivity contribution in [2.75, 3.05) is 5.32 Å². The smallest absolute Gasteiger partial charge is 0.289 e. The molecular formula is C31H20ClN3O4. The van der Waals surface area contributed by atoms with E-state index >= 15 is 0 Å². The fourth-order valence-electron chi connectivity index (χ4n) is 4.35. The van der Waals surface area contributed by atoms with E-state index in [1.165, 1.54) is 18.2 Å². The maximum atomic E-state index is 13.0. The second-order valence-electron chi connectivity index (χ2n) is 8.67. The van der Waals surface area contributed by atoms with Crippen molar-refractivity contribution in [1.82, 2.24) is 0 Å². The number of anilines is 1. The molecule has 0 unspecified atom stereocenters. The number of fused-ring (bicyclic) bond motifs is 2. The number of nitrogens with one attached hydrogen (secondary N) is 1. The number of benzene rings is 5. The summed E-state index contributed by atoms with van der Waals surface area (Å²) in [5.41, 5.74) is 1.16. The highest BCUT2D eigenvalue weighted by atomic mass is 35.5. The van der Waals surface area contributed by atoms with Crippen LogP contribution in [0.1, 0.15) is 11.1 Å². The number of carbonyl (C=O) groups excluding carboxylic acids is 1. The van der Waals surface area contributed by atoms with Gasteiger partial charge in [-0.15, -0.1) is 0 Å². The molecule has 7 nitrogen and oxygen atoms in total. The van der Waals surface area contributed by atoms with Crippen molar-refractivity contribution in [3.63, 3.8) is 0 Å². The Morgan fingerprint density at radius 3 is 2.38 bits per heavy atom. The number of halogens is 1. The summed E-state index contributed by atoms with van der Waals surface area (Å²) in [6.45, 7) is 0.281. The van der Waals surface area contributed by atoms with Gasteiger partial charge in [0.25, 0.3) is 11.6 Å². The number of ether oxygens (including phenoxy) is 1. The topological polar surface area (TPSA) is 105 Å². The van der Waals surface area contributed by atoms with Gasteiger partial charge in [0, 0.05) is 17.3 Å². The van der Waals surface area contributed by atoms with Gasteiger partial charge in [-0.05, 0) is 51.4 Å². The summed E-state index contributed by atoms with van der Waals surface area (Å²) in [5, 5.41) is 27.5. The molecule has 0 atom stereocenters. The van der Waals surface area contributed by atoms with E-state index in [1.54, 1.807) is 0 Å². The van der Waals surface area contributed by atoms with E-state index in [-0.39, 0.29) is 28.6 Å². The van der Waals surface area contributed by atoms with Crippen LogP contribution < -0.4 is 10.1 Å². The Morgan fingerprint density at radius 2 is 1.64 bits per heavy atom. The predicted molar refractivity (Wildman–Crippen MR) is 153 cm³/mol. The van der Waals surface area contributed by atoms with Gasteiger partial charge in [-0.2, -0.15) is 5.26 Å². The van der Waals surface area contributed by atoms with Gasteiger partial charge in [0.15, 0.2) is 0 Å². The third kappa shape index (κ3) is 5.42. The van der Waals surface area contributed by atoms with Crippen LogP contribution in [0, 0.1) is 21.4 Å². The summed E-state index contributed by atoms with van der Waals surface area (Å²) in [6, 6.07) is 31.2. The molecule has 0 bridgehead atoms. The van der Waals surface area contributed by atoms with Gasteiger partial charge in [0.2, 0.25) is 0 Å². The van der Waals surface area contributed by atoms with E-state index in [4.69, 9.17) is 16.3 Å². The Labute approximate surface area is 228 Å². The molecule has 0 radical (unpaired) electrons. The molecule has 190 valence electrons. The molecule has 0 aliphatic heterocycles. The first-order valence-electron chi connectivity index (χ1n) is 11.9. The molecule has 8 heteroatoms. The normalized spacial score (nSPS) is 11.2. The van der Waals surface area contributed by atoms with Crippen LogP contribution in [0.4, 0.5) is 11.4 Å². The van der Waals surface area contributed by atoms with Crippen LogP contribution in [0.2, 0.25) is 5.02 Å². The third-order valence-corrected chi connectivity index (χ3v) is 6.57. The van der Waals surface area contributed by atoms with Gasteiger partial charge in [-0.25, -0.2) is 0 Å². The molecule has 0 aliphatic rings. The Hall–Kier alpha value is -5.19. The second-order valence-corrected chi connectivity index (χ2v) is 9.08. The van der Waals surface area contributed by atoms with Crippen LogP contribution in [-0.4, -0.2) is 10.8 Å². The van der Waals surface area contributed by atoms with E-state index in [9.17, 15) is 20.2 Å². The molecule has 1 amide bonds. The summed E-state index contributed by atoms with van der Waals surface area (Å²) >= 11 is 5.87. The molecule has 1 N–H and O–H groups in total. The molecular weight excluding hydrogens is 514 g/mol. The van der Waals surface area contributed by atoms with Crippen LogP contribution in [0.3, 0.4) is 0 Å². The van der Waals surface area contributed by atoms with Crippen molar-refractivity contribution >= 4 is 56.5 Å². The lowest BCUT2D eigenvalue weighted by atomic mass is 10.0. The van der Waals surface area contributed by atoms with Gasteiger partial charge in [0.05, 0.1) is 4.92 Å². The highest BCUT2D eigenvalue weighted by Gasteiger charge is 2.17. The van der Waals surface area contributed by atoms with Crippen molar-refractivity contribution in [2.24, 2.45) is 0 Å². The maximum Gasteiger partial charge on any atom is 0.289 e. The average molecular weight is 534 g/mol. The van der Waals surface area contributed by atoms with Crippen LogP contribution in [0.5, 0.6) is 5.75 Å². The molecule has 0 aliphatic carbocycles. The number of amides is 1. The summed E-state index contributed by atoms with van der Waals surface area (Å²) < 4.78 is 6.26. The average Bonchev–Trinajstić information content (AvgIpc) is 2.95. The zero-order chi connectivity index (χ0) is 27.4. The fourth-order valence-corrected chi connectivity index (χ4v) is 4.53. The number of nitro groups is 1. The lowest BCUT2D eigenvalue weighted by Crippen LogP contribution is -2.13. The highest BCUT2D eigenvalue weighted by molar-refractivity contribution is 6.32. The van der Waals surface area contributed by atoms with E-state index < -0.39 is 10.8 Å². The summed E-state index contributed by atoms with van der Waals surface area (Å²) in [5.74, 6) is -0.216. The van der Waals surface area contributed by atoms with Crippen molar-refractivity contribution in [2.45, 2.75) is 6.61 Å². The van der Waals surface area contributed by atoms with E-state index in [2.05, 4.69) is 5.32 Å². The molecule has 39 heavy (non-hydrogen) atoms. The van der Waals surface area contributed by atoms with Crippen molar-refractivity contribution in [1.29, 1.82) is 5.26 Å². The zero-order valence-electron chi connectivity index (χ0n) is 20.4. The van der Waals surface area contributed by atoms with Crippen molar-refractivity contribution < 1.29 is 14.5 Å². The quantitative estimate of drug-likeness (QED) is 0.0999. The first kappa shape index (κ1) is 25.5. The Morgan fingerprint density at radius 1 is 0.949 bits per heavy atom. The standard InChI is InChI=1S/C31H20ClN3O4/c32-28-14-13-24(17-29(28)35(37)38)34-31(36)23(18-33)16-27-26-11-4-2-7-21(26)12-15-30(27)39-19-22-9-5-8-20-6-1-3-10-25(20)22/h1-17H,19H2,(H,34,36)/b23-16+. The summed E-state index contributed by atoms with van der Waals surface area (Å²) in [6.07, 6.45) is 1.47. The highest BCUT2D eigenvalue weighted by Crippen LogP contribution is 2.32. The SMILES string of the molecule is N#C/C(=C\c1c(OCc2cccc3ccccc23)ccc2ccccc12)C(=O)Nc1ccc(Cl)c([N+](=O)[O-])c1. The number of nitrogens with zero attached hydrogens (tertiary/aromatic N) is 2. The fraction of sp³-hybridized carbons (Fsp3) is 0.0323. The lowest BCUT2D eigenvalue weighted by molar-refractivity contribution is -0.384. The van der Waals surface area contributed by atoms with Crippen LogP contribution in [0.15, 0.2) is 103 Å². The number of carbonyl (C=O) groups is 1. The van der Waals surface area contributed by atoms with E-state index in [0.717, 1.165) is 33.2 Å². The number of nitro benzene ring substituents is 1. The second kappa shape index (κ2) is 11.1. The Balaban J connectivity index is 1.50. The van der Waals surface area contributed by atoms with Gasteiger partial charge in [0.1, 0.15) is 29.0 Å². The van der Waals surface area contributed by atoms with Crippen LogP contribution in [-0.2, 0) is 11.4 Å². The minimum atomic E-state index is -0.720. The first-order valence-corrected chi connectivity index (χ1v) is 12.3. The minimum absolute atomic E-state index is 0.0576. The molecule has 0 heterocycles. The number of nitriles is 1. The van der Waals surface area contributed by atoms with Crippen molar-refractivity contribution in [3.05, 3.63) is 129 Å². The molecule has 5 aromatic carbocycles. The number of hydrogen-bond acceptors (Lipinski definition) is 5. The van der Waals surface area contributed by atoms with Crippen molar-refractivity contribution in [3.8, 4) is 11.8 Å². The summed E-state index contributed by atoms with van der Waals surface area (Å²) in [4.78, 5) is 23.6. The van der Waals surface area contributed by atoms with E-state index in [0.29, 0.717) is 11.3 Å². The third-order valence-electron chi connectivity index (χ3n) is 6.25. The molecule has 0 saturated carbocycles. The molecule has 5 aromatic rings.